The quantitative estimate of drug-likeness (QED) is 0.831. The number of methoxy groups -OCH3 is 1. The molecule has 1 atom stereocenters. The number of benzene rings is 1. The molecule has 0 radical (unpaired) electrons. The van der Waals surface area contributed by atoms with Gasteiger partial charge in [0.2, 0.25) is 0 Å². The highest BCUT2D eigenvalue weighted by molar-refractivity contribution is 5.41. The fourth-order valence-electron chi connectivity index (χ4n) is 2.86. The smallest absolute Gasteiger partial charge is 0.136 e. The second-order valence-corrected chi connectivity index (χ2v) is 7.76. The molecule has 2 aromatic rings. The average Bonchev–Trinajstić information content (AvgIpc) is 3.38. The molecule has 5 heteroatoms. The summed E-state index contributed by atoms with van der Waals surface area (Å²) in [6.45, 7) is 6.74. The van der Waals surface area contributed by atoms with Gasteiger partial charge in [-0.25, -0.2) is 14.4 Å². The zero-order chi connectivity index (χ0) is 18.0. The number of aromatic nitrogens is 2. The Morgan fingerprint density at radius 3 is 2.44 bits per heavy atom. The van der Waals surface area contributed by atoms with Crippen LogP contribution < -0.4 is 5.32 Å². The van der Waals surface area contributed by atoms with E-state index in [1.54, 1.807) is 7.11 Å². The Morgan fingerprint density at radius 1 is 1.20 bits per heavy atom. The van der Waals surface area contributed by atoms with Crippen molar-refractivity contribution in [3.8, 4) is 0 Å². The maximum atomic E-state index is 13.3. The van der Waals surface area contributed by atoms with E-state index in [4.69, 9.17) is 9.72 Å². The van der Waals surface area contributed by atoms with Gasteiger partial charge in [0, 0.05) is 18.6 Å². The highest BCUT2D eigenvalue weighted by Crippen LogP contribution is 2.42. The summed E-state index contributed by atoms with van der Waals surface area (Å²) < 4.78 is 18.5. The summed E-state index contributed by atoms with van der Waals surface area (Å²) in [5, 5.41) is 3.56. The minimum Gasteiger partial charge on any atom is -0.378 e. The molecule has 0 amide bonds. The Hall–Kier alpha value is -2.01. The lowest BCUT2D eigenvalue weighted by atomic mass is 9.95. The third kappa shape index (κ3) is 4.54. The molecule has 1 N–H and O–H groups in total. The first-order chi connectivity index (χ1) is 11.9. The Labute approximate surface area is 148 Å². The van der Waals surface area contributed by atoms with Gasteiger partial charge in [0.1, 0.15) is 17.5 Å². The summed E-state index contributed by atoms with van der Waals surface area (Å²) in [7, 11) is 1.66. The summed E-state index contributed by atoms with van der Waals surface area (Å²) in [5.74, 6) is 1.94. The molecular formula is C20H26FN3O. The molecule has 3 rings (SSSR count). The summed E-state index contributed by atoms with van der Waals surface area (Å²) in [6, 6.07) is 8.82. The Morgan fingerprint density at radius 2 is 1.88 bits per heavy atom. The van der Waals surface area contributed by atoms with Crippen LogP contribution in [0.2, 0.25) is 0 Å². The van der Waals surface area contributed by atoms with Crippen molar-refractivity contribution in [2.45, 2.75) is 51.7 Å². The normalized spacial score (nSPS) is 15.9. The molecule has 4 nitrogen and oxygen atoms in total. The van der Waals surface area contributed by atoms with E-state index < -0.39 is 0 Å². The Bertz CT molecular complexity index is 721. The Balaban J connectivity index is 1.91. The molecule has 1 aromatic heterocycles. The molecule has 25 heavy (non-hydrogen) atoms. The van der Waals surface area contributed by atoms with Gasteiger partial charge < -0.3 is 10.1 Å². The molecule has 0 aliphatic heterocycles. The monoisotopic (exact) mass is 343 g/mol. The molecule has 134 valence electrons. The molecule has 0 bridgehead atoms. The minimum absolute atomic E-state index is 0.138. The molecule has 1 aliphatic carbocycles. The van der Waals surface area contributed by atoms with Crippen molar-refractivity contribution in [3.63, 3.8) is 0 Å². The number of halogens is 1. The molecule has 1 unspecified atom stereocenters. The van der Waals surface area contributed by atoms with Crippen LogP contribution in [0.1, 0.15) is 56.7 Å². The standard InChI is InChI=1S/C20H26FN3O/c1-20(2,3)19-22-16(12-25-4)11-17(24-19)23-18(13-5-6-13)14-7-9-15(21)10-8-14/h7-11,13,18H,5-6,12H2,1-4H3,(H,22,23,24). The van der Waals surface area contributed by atoms with Gasteiger partial charge in [-0.15, -0.1) is 0 Å². The second kappa shape index (κ2) is 7.08. The first-order valence-electron chi connectivity index (χ1n) is 8.76. The van der Waals surface area contributed by atoms with E-state index in [1.807, 2.05) is 18.2 Å². The van der Waals surface area contributed by atoms with Crippen LogP contribution in [-0.4, -0.2) is 17.1 Å². The van der Waals surface area contributed by atoms with Crippen LogP contribution in [0.4, 0.5) is 10.2 Å². The average molecular weight is 343 g/mol. The molecule has 0 saturated heterocycles. The van der Waals surface area contributed by atoms with Gasteiger partial charge >= 0.3 is 0 Å². The van der Waals surface area contributed by atoms with Crippen LogP contribution in [0.25, 0.3) is 0 Å². The highest BCUT2D eigenvalue weighted by Gasteiger charge is 2.33. The maximum absolute atomic E-state index is 13.3. The summed E-state index contributed by atoms with van der Waals surface area (Å²) in [6.07, 6.45) is 2.36. The second-order valence-electron chi connectivity index (χ2n) is 7.76. The predicted octanol–water partition coefficient (Wildman–Crippen LogP) is 4.62. The van der Waals surface area contributed by atoms with E-state index in [0.717, 1.165) is 22.9 Å². The van der Waals surface area contributed by atoms with Gasteiger partial charge in [-0.1, -0.05) is 32.9 Å². The maximum Gasteiger partial charge on any atom is 0.136 e. The van der Waals surface area contributed by atoms with Gasteiger partial charge in [-0.05, 0) is 36.5 Å². The van der Waals surface area contributed by atoms with Crippen LogP contribution in [0.3, 0.4) is 0 Å². The minimum atomic E-state index is -0.210. The number of nitrogens with zero attached hydrogens (tertiary/aromatic N) is 2. The van der Waals surface area contributed by atoms with E-state index in [-0.39, 0.29) is 17.3 Å². The van der Waals surface area contributed by atoms with E-state index in [9.17, 15) is 4.39 Å². The molecule has 1 saturated carbocycles. The van der Waals surface area contributed by atoms with Crippen LogP contribution in [0.15, 0.2) is 30.3 Å². The predicted molar refractivity (Wildman–Crippen MR) is 96.9 cm³/mol. The van der Waals surface area contributed by atoms with Gasteiger partial charge in [0.15, 0.2) is 0 Å². The van der Waals surface area contributed by atoms with Crippen molar-refractivity contribution in [2.24, 2.45) is 5.92 Å². The largest absolute Gasteiger partial charge is 0.378 e. The van der Waals surface area contributed by atoms with Crippen molar-refractivity contribution in [2.75, 3.05) is 12.4 Å². The number of ether oxygens (including phenoxy) is 1. The van der Waals surface area contributed by atoms with E-state index in [0.29, 0.717) is 12.5 Å². The zero-order valence-corrected chi connectivity index (χ0v) is 15.3. The van der Waals surface area contributed by atoms with Crippen molar-refractivity contribution in [1.82, 2.24) is 9.97 Å². The number of hydrogen-bond acceptors (Lipinski definition) is 4. The van der Waals surface area contributed by atoms with E-state index in [2.05, 4.69) is 31.1 Å². The molecule has 1 heterocycles. The van der Waals surface area contributed by atoms with Crippen LogP contribution in [-0.2, 0) is 16.8 Å². The van der Waals surface area contributed by atoms with Crippen molar-refractivity contribution in [1.29, 1.82) is 0 Å². The van der Waals surface area contributed by atoms with Crippen LogP contribution >= 0.6 is 0 Å². The zero-order valence-electron chi connectivity index (χ0n) is 15.3. The van der Waals surface area contributed by atoms with Gasteiger partial charge in [0.05, 0.1) is 18.3 Å². The third-order valence-corrected chi connectivity index (χ3v) is 4.37. The number of anilines is 1. The lowest BCUT2D eigenvalue weighted by molar-refractivity contribution is 0.181. The first-order valence-corrected chi connectivity index (χ1v) is 8.76. The number of nitrogens with one attached hydrogen (secondary N) is 1. The van der Waals surface area contributed by atoms with E-state index in [1.165, 1.54) is 25.0 Å². The Kier molecular flexibility index (Phi) is 5.04. The molecule has 1 aliphatic rings. The molecule has 0 spiro atoms. The van der Waals surface area contributed by atoms with Crippen molar-refractivity contribution < 1.29 is 9.13 Å². The van der Waals surface area contributed by atoms with Gasteiger partial charge in [-0.3, -0.25) is 0 Å². The summed E-state index contributed by atoms with van der Waals surface area (Å²) >= 11 is 0. The summed E-state index contributed by atoms with van der Waals surface area (Å²) in [4.78, 5) is 9.35. The SMILES string of the molecule is COCc1cc(NC(c2ccc(F)cc2)C2CC2)nc(C(C)(C)C)n1. The fourth-order valence-corrected chi connectivity index (χ4v) is 2.86. The molecule has 1 fully saturated rings. The number of hydrogen-bond donors (Lipinski definition) is 1. The number of rotatable bonds is 6. The lowest BCUT2D eigenvalue weighted by Crippen LogP contribution is -2.20. The fraction of sp³-hybridized carbons (Fsp3) is 0.500. The third-order valence-electron chi connectivity index (χ3n) is 4.37. The topological polar surface area (TPSA) is 47.0 Å². The summed E-state index contributed by atoms with van der Waals surface area (Å²) in [5.41, 5.74) is 1.80. The van der Waals surface area contributed by atoms with Gasteiger partial charge in [-0.2, -0.15) is 0 Å². The van der Waals surface area contributed by atoms with Crippen LogP contribution in [0, 0.1) is 11.7 Å². The van der Waals surface area contributed by atoms with Crippen molar-refractivity contribution in [3.05, 3.63) is 53.2 Å². The molecule has 1 aromatic carbocycles. The lowest BCUT2D eigenvalue weighted by Gasteiger charge is -2.23. The van der Waals surface area contributed by atoms with E-state index >= 15 is 0 Å². The van der Waals surface area contributed by atoms with Crippen LogP contribution in [0.5, 0.6) is 0 Å². The van der Waals surface area contributed by atoms with Crippen molar-refractivity contribution >= 4 is 5.82 Å². The van der Waals surface area contributed by atoms with Gasteiger partial charge in [0.25, 0.3) is 0 Å². The first kappa shape index (κ1) is 17.8. The molecular weight excluding hydrogens is 317 g/mol. The highest BCUT2D eigenvalue weighted by atomic mass is 19.1.